The first-order valence-corrected chi connectivity index (χ1v) is 4.97. The van der Waals surface area contributed by atoms with Crippen molar-refractivity contribution in [2.75, 3.05) is 6.54 Å². The molecule has 22 heavy (non-hydrogen) atoms. The van der Waals surface area contributed by atoms with Gasteiger partial charge in [0.25, 0.3) is 0 Å². The SMILES string of the molecule is NCCC(F)(F)C(F)(F)C(F)(F)C(F)(F)C(F)(F)C(F)(F)F. The van der Waals surface area contributed by atoms with Crippen LogP contribution in [0, 0.1) is 0 Å². The Kier molecular flexibility index (Phi) is 5.07. The molecule has 0 aliphatic rings. The van der Waals surface area contributed by atoms with Crippen LogP contribution in [0.5, 0.6) is 0 Å². The van der Waals surface area contributed by atoms with Crippen molar-refractivity contribution >= 4 is 0 Å². The molecular formula is C8H6F13N. The second kappa shape index (κ2) is 5.30. The van der Waals surface area contributed by atoms with E-state index in [0.29, 0.717) is 0 Å². The Balaban J connectivity index is 6.11. The van der Waals surface area contributed by atoms with E-state index in [-0.39, 0.29) is 0 Å². The van der Waals surface area contributed by atoms with E-state index in [4.69, 9.17) is 0 Å². The first-order valence-electron chi connectivity index (χ1n) is 4.97. The summed E-state index contributed by atoms with van der Waals surface area (Å²) in [7, 11) is 0. The number of hydrogen-bond acceptors (Lipinski definition) is 1. The number of hydrogen-bond donors (Lipinski definition) is 1. The molecular weight excluding hydrogens is 357 g/mol. The van der Waals surface area contributed by atoms with Crippen LogP contribution in [0.3, 0.4) is 0 Å². The fourth-order valence-electron chi connectivity index (χ4n) is 1.14. The Labute approximate surface area is 113 Å². The third-order valence-corrected chi connectivity index (χ3v) is 2.46. The first kappa shape index (κ1) is 21.0. The lowest BCUT2D eigenvalue weighted by Gasteiger charge is -2.39. The Morgan fingerprint density at radius 3 is 1.09 bits per heavy atom. The Hall–Kier alpha value is -0.950. The minimum Gasteiger partial charge on any atom is -0.330 e. The quantitative estimate of drug-likeness (QED) is 0.708. The molecule has 2 N–H and O–H groups in total. The molecule has 0 aromatic rings. The van der Waals surface area contributed by atoms with Crippen LogP contribution in [0.2, 0.25) is 0 Å². The Bertz CT molecular complexity index is 395. The van der Waals surface area contributed by atoms with Gasteiger partial charge in [-0.1, -0.05) is 0 Å². The summed E-state index contributed by atoms with van der Waals surface area (Å²) >= 11 is 0. The summed E-state index contributed by atoms with van der Waals surface area (Å²) in [6.45, 7) is -1.46. The van der Waals surface area contributed by atoms with Crippen LogP contribution in [0.25, 0.3) is 0 Å². The van der Waals surface area contributed by atoms with Crippen LogP contribution in [-0.4, -0.2) is 42.3 Å². The van der Waals surface area contributed by atoms with Crippen LogP contribution in [0.1, 0.15) is 6.42 Å². The summed E-state index contributed by atoms with van der Waals surface area (Å²) in [6.07, 6.45) is -9.75. The lowest BCUT2D eigenvalue weighted by molar-refractivity contribution is -0.440. The van der Waals surface area contributed by atoms with Gasteiger partial charge in [-0.25, -0.2) is 0 Å². The first-order chi connectivity index (χ1) is 9.31. The summed E-state index contributed by atoms with van der Waals surface area (Å²) in [5.74, 6) is -36.5. The van der Waals surface area contributed by atoms with E-state index in [9.17, 15) is 57.1 Å². The smallest absolute Gasteiger partial charge is 0.330 e. The molecule has 0 unspecified atom stereocenters. The standard InChI is InChI=1S/C8H6F13N/c9-3(10,1-2-22)4(11,12)5(13,14)6(15,16)7(17,18)8(19,20)21/h1-2,22H2. The van der Waals surface area contributed by atoms with E-state index in [1.54, 1.807) is 0 Å². The highest BCUT2D eigenvalue weighted by atomic mass is 19.4. The zero-order chi connectivity index (χ0) is 18.4. The van der Waals surface area contributed by atoms with Crippen molar-refractivity contribution in [1.29, 1.82) is 0 Å². The van der Waals surface area contributed by atoms with E-state index >= 15 is 0 Å². The predicted molar refractivity (Wildman–Crippen MR) is 44.5 cm³/mol. The van der Waals surface area contributed by atoms with Gasteiger partial charge in [0.05, 0.1) is 0 Å². The molecule has 0 heterocycles. The van der Waals surface area contributed by atoms with Gasteiger partial charge in [-0.15, -0.1) is 0 Å². The normalized spacial score (nSPS) is 16.1. The summed E-state index contributed by atoms with van der Waals surface area (Å²) in [4.78, 5) is 0. The molecule has 1 nitrogen and oxygen atoms in total. The van der Waals surface area contributed by atoms with Gasteiger partial charge in [-0.05, 0) is 6.54 Å². The number of rotatable bonds is 6. The van der Waals surface area contributed by atoms with E-state index in [2.05, 4.69) is 5.73 Å². The predicted octanol–water partition coefficient (Wildman–Crippen LogP) is 4.07. The average molecular weight is 363 g/mol. The number of alkyl halides is 13. The maximum atomic E-state index is 12.8. The fraction of sp³-hybridized carbons (Fsp3) is 1.00. The second-order valence-corrected chi connectivity index (χ2v) is 4.04. The highest BCUT2D eigenvalue weighted by molar-refractivity contribution is 5.10. The summed E-state index contributed by atoms with van der Waals surface area (Å²) in [6, 6.07) is 0. The molecule has 0 aliphatic heterocycles. The number of nitrogens with two attached hydrogens (primary N) is 1. The Morgan fingerprint density at radius 2 is 0.818 bits per heavy atom. The van der Waals surface area contributed by atoms with Gasteiger partial charge < -0.3 is 5.73 Å². The molecule has 0 amide bonds. The Morgan fingerprint density at radius 1 is 0.500 bits per heavy atom. The van der Waals surface area contributed by atoms with Crippen molar-refractivity contribution in [3.63, 3.8) is 0 Å². The molecule has 14 heteroatoms. The van der Waals surface area contributed by atoms with Crippen LogP contribution >= 0.6 is 0 Å². The molecule has 0 radical (unpaired) electrons. The highest BCUT2D eigenvalue weighted by Crippen LogP contribution is 2.60. The minimum absolute atomic E-state index is 1.46. The lowest BCUT2D eigenvalue weighted by atomic mass is 9.92. The van der Waals surface area contributed by atoms with E-state index in [1.165, 1.54) is 0 Å². The van der Waals surface area contributed by atoms with Gasteiger partial charge in [-0.3, -0.25) is 0 Å². The van der Waals surface area contributed by atoms with E-state index in [1.807, 2.05) is 0 Å². The van der Waals surface area contributed by atoms with Gasteiger partial charge in [0, 0.05) is 6.42 Å². The van der Waals surface area contributed by atoms with Crippen molar-refractivity contribution in [2.45, 2.75) is 42.2 Å². The fourth-order valence-corrected chi connectivity index (χ4v) is 1.14. The highest BCUT2D eigenvalue weighted by Gasteiger charge is 2.90. The second-order valence-electron chi connectivity index (χ2n) is 4.04. The summed E-state index contributed by atoms with van der Waals surface area (Å²) in [5, 5.41) is 0. The van der Waals surface area contributed by atoms with Crippen LogP contribution in [-0.2, 0) is 0 Å². The maximum Gasteiger partial charge on any atom is 0.460 e. The average Bonchev–Trinajstić information content (AvgIpc) is 2.26. The molecule has 0 rings (SSSR count). The molecule has 0 aromatic heterocycles. The van der Waals surface area contributed by atoms with Crippen LogP contribution < -0.4 is 5.73 Å². The van der Waals surface area contributed by atoms with Crippen molar-refractivity contribution < 1.29 is 57.1 Å². The number of halogens is 13. The monoisotopic (exact) mass is 363 g/mol. The van der Waals surface area contributed by atoms with Gasteiger partial charge in [0.2, 0.25) is 0 Å². The molecule has 0 atom stereocenters. The van der Waals surface area contributed by atoms with Gasteiger partial charge in [0.15, 0.2) is 0 Å². The van der Waals surface area contributed by atoms with E-state index < -0.39 is 48.8 Å². The zero-order valence-electron chi connectivity index (χ0n) is 9.91. The lowest BCUT2D eigenvalue weighted by Crippen LogP contribution is -2.70. The minimum atomic E-state index is -7.85. The largest absolute Gasteiger partial charge is 0.460 e. The maximum absolute atomic E-state index is 12.8. The molecule has 0 bridgehead atoms. The third kappa shape index (κ3) is 2.69. The molecule has 0 fully saturated rings. The zero-order valence-corrected chi connectivity index (χ0v) is 9.91. The molecule has 0 saturated carbocycles. The van der Waals surface area contributed by atoms with Gasteiger partial charge >= 0.3 is 35.8 Å². The molecule has 0 spiro atoms. The van der Waals surface area contributed by atoms with Crippen LogP contribution in [0.4, 0.5) is 57.1 Å². The topological polar surface area (TPSA) is 26.0 Å². The molecule has 134 valence electrons. The van der Waals surface area contributed by atoms with Crippen LogP contribution in [0.15, 0.2) is 0 Å². The molecule has 0 saturated heterocycles. The van der Waals surface area contributed by atoms with Crippen molar-refractivity contribution in [3.05, 3.63) is 0 Å². The molecule has 0 aromatic carbocycles. The van der Waals surface area contributed by atoms with Crippen molar-refractivity contribution in [2.24, 2.45) is 5.73 Å². The van der Waals surface area contributed by atoms with Gasteiger partial charge in [-0.2, -0.15) is 57.1 Å². The molecule has 0 aliphatic carbocycles. The van der Waals surface area contributed by atoms with E-state index in [0.717, 1.165) is 0 Å². The summed E-state index contributed by atoms with van der Waals surface area (Å²) < 4.78 is 162. The van der Waals surface area contributed by atoms with Gasteiger partial charge in [0.1, 0.15) is 0 Å². The van der Waals surface area contributed by atoms with Crippen molar-refractivity contribution in [3.8, 4) is 0 Å². The summed E-state index contributed by atoms with van der Waals surface area (Å²) in [5.41, 5.74) is 4.34. The van der Waals surface area contributed by atoms with Crippen molar-refractivity contribution in [1.82, 2.24) is 0 Å². The third-order valence-electron chi connectivity index (χ3n) is 2.46.